The minimum atomic E-state index is -0.737. The van der Waals surface area contributed by atoms with E-state index in [0.717, 1.165) is 31.5 Å². The number of likely N-dealkylation sites (N-methyl/N-ethyl adjacent to an activating group) is 1. The summed E-state index contributed by atoms with van der Waals surface area (Å²) in [5, 5.41) is 10.4. The predicted octanol–water partition coefficient (Wildman–Crippen LogP) is 2.97. The molecule has 1 fully saturated rings. The Bertz CT molecular complexity index is 804. The van der Waals surface area contributed by atoms with Crippen LogP contribution in [0.4, 0.5) is 0 Å². The van der Waals surface area contributed by atoms with Gasteiger partial charge in [0.05, 0.1) is 19.8 Å². The van der Waals surface area contributed by atoms with Crippen molar-refractivity contribution in [2.75, 3.05) is 40.8 Å². The quantitative estimate of drug-likeness (QED) is 0.777. The molecule has 1 N–H and O–H groups in total. The highest BCUT2D eigenvalue weighted by Gasteiger charge is 2.22. The molecule has 0 saturated carbocycles. The smallest absolute Gasteiger partial charge is 0.253 e. The normalized spacial score (nSPS) is 16.3. The van der Waals surface area contributed by atoms with E-state index in [1.54, 1.807) is 32.4 Å². The number of aliphatic hydroxyl groups is 1. The Labute approximate surface area is 172 Å². The number of amides is 1. The first kappa shape index (κ1) is 21.1. The van der Waals surface area contributed by atoms with Gasteiger partial charge in [-0.05, 0) is 43.7 Å². The van der Waals surface area contributed by atoms with Gasteiger partial charge in [-0.25, -0.2) is 0 Å². The molecule has 1 atom stereocenters. The van der Waals surface area contributed by atoms with E-state index in [1.807, 2.05) is 30.3 Å². The molecule has 1 amide bonds. The number of nitrogens with zero attached hydrogens (tertiary/aromatic N) is 2. The Morgan fingerprint density at radius 3 is 2.52 bits per heavy atom. The van der Waals surface area contributed by atoms with Gasteiger partial charge in [-0.3, -0.25) is 4.79 Å². The number of methoxy groups -OCH3 is 1. The molecule has 1 aliphatic rings. The number of ether oxygens (including phenoxy) is 2. The lowest BCUT2D eigenvalue weighted by Crippen LogP contribution is -2.35. The number of hydrogen-bond acceptors (Lipinski definition) is 5. The summed E-state index contributed by atoms with van der Waals surface area (Å²) >= 11 is 0. The molecule has 0 aromatic heterocycles. The lowest BCUT2D eigenvalue weighted by Gasteiger charge is -2.29. The molecular weight excluding hydrogens is 368 g/mol. The van der Waals surface area contributed by atoms with Crippen molar-refractivity contribution in [2.45, 2.75) is 25.0 Å². The van der Waals surface area contributed by atoms with Gasteiger partial charge in [-0.15, -0.1) is 0 Å². The Hall–Kier alpha value is -2.57. The first-order chi connectivity index (χ1) is 14.0. The third-order valence-electron chi connectivity index (χ3n) is 5.35. The molecule has 29 heavy (non-hydrogen) atoms. The second-order valence-corrected chi connectivity index (χ2v) is 7.60. The molecule has 156 valence electrons. The number of piperidine rings is 1. The molecule has 2 aromatic rings. The third-order valence-corrected chi connectivity index (χ3v) is 5.35. The van der Waals surface area contributed by atoms with Crippen LogP contribution in [0, 0.1) is 0 Å². The van der Waals surface area contributed by atoms with E-state index in [2.05, 4.69) is 11.9 Å². The molecule has 0 bridgehead atoms. The van der Waals surface area contributed by atoms with E-state index in [1.165, 1.54) is 4.90 Å². The van der Waals surface area contributed by atoms with Gasteiger partial charge in [0.1, 0.15) is 6.10 Å². The van der Waals surface area contributed by atoms with Crippen molar-refractivity contribution in [1.29, 1.82) is 0 Å². The monoisotopic (exact) mass is 398 g/mol. The Morgan fingerprint density at radius 2 is 1.86 bits per heavy atom. The first-order valence-corrected chi connectivity index (χ1v) is 9.99. The van der Waals surface area contributed by atoms with Crippen molar-refractivity contribution < 1.29 is 19.4 Å². The zero-order valence-corrected chi connectivity index (χ0v) is 17.4. The first-order valence-electron chi connectivity index (χ1n) is 9.99. The van der Waals surface area contributed by atoms with Crippen LogP contribution in [-0.4, -0.2) is 67.8 Å². The van der Waals surface area contributed by atoms with Crippen molar-refractivity contribution in [1.82, 2.24) is 9.80 Å². The van der Waals surface area contributed by atoms with E-state index in [4.69, 9.17) is 9.47 Å². The number of benzene rings is 2. The van der Waals surface area contributed by atoms with E-state index in [9.17, 15) is 9.90 Å². The van der Waals surface area contributed by atoms with Gasteiger partial charge < -0.3 is 24.4 Å². The van der Waals surface area contributed by atoms with Crippen LogP contribution in [0.5, 0.6) is 11.5 Å². The molecule has 0 aliphatic carbocycles. The average Bonchev–Trinajstić information content (AvgIpc) is 2.75. The maximum Gasteiger partial charge on any atom is 0.253 e. The maximum atomic E-state index is 12.8. The van der Waals surface area contributed by atoms with E-state index in [-0.39, 0.29) is 18.6 Å². The summed E-state index contributed by atoms with van der Waals surface area (Å²) in [6.07, 6.45) is 1.37. The SMILES string of the molecule is COc1cc(C(=O)N(C)CC(O)c2ccccc2)ccc1OC1CCN(C)CC1. The summed E-state index contributed by atoms with van der Waals surface area (Å²) in [5.74, 6) is 1.03. The van der Waals surface area contributed by atoms with Crippen LogP contribution in [0.2, 0.25) is 0 Å². The van der Waals surface area contributed by atoms with Gasteiger partial charge >= 0.3 is 0 Å². The Balaban J connectivity index is 1.65. The van der Waals surface area contributed by atoms with Crippen LogP contribution in [0.1, 0.15) is 34.9 Å². The van der Waals surface area contributed by atoms with Gasteiger partial charge in [0.2, 0.25) is 0 Å². The van der Waals surface area contributed by atoms with Crippen LogP contribution < -0.4 is 9.47 Å². The Morgan fingerprint density at radius 1 is 1.17 bits per heavy atom. The highest BCUT2D eigenvalue weighted by Crippen LogP contribution is 2.31. The second kappa shape index (κ2) is 9.76. The zero-order valence-electron chi connectivity index (χ0n) is 17.4. The number of rotatable bonds is 7. The maximum absolute atomic E-state index is 12.8. The topological polar surface area (TPSA) is 62.2 Å². The molecule has 0 radical (unpaired) electrons. The summed E-state index contributed by atoms with van der Waals surface area (Å²) in [7, 11) is 5.38. The standard InChI is InChI=1S/C23H30N2O4/c1-24-13-11-19(12-14-24)29-21-10-9-18(15-22(21)28-3)23(27)25(2)16-20(26)17-7-5-4-6-8-17/h4-10,15,19-20,26H,11-14,16H2,1-3H3. The minimum absolute atomic E-state index is 0.158. The number of likely N-dealkylation sites (tertiary alicyclic amines) is 1. The lowest BCUT2D eigenvalue weighted by molar-refractivity contribution is 0.0680. The molecule has 6 nitrogen and oxygen atoms in total. The summed E-state index contributed by atoms with van der Waals surface area (Å²) in [5.41, 5.74) is 1.28. The fourth-order valence-corrected chi connectivity index (χ4v) is 3.52. The van der Waals surface area contributed by atoms with Crippen LogP contribution >= 0.6 is 0 Å². The summed E-state index contributed by atoms with van der Waals surface area (Å²) in [6.45, 7) is 2.23. The number of aliphatic hydroxyl groups excluding tert-OH is 1. The molecule has 1 unspecified atom stereocenters. The van der Waals surface area contributed by atoms with Crippen molar-refractivity contribution in [3.63, 3.8) is 0 Å². The Kier molecular flexibility index (Phi) is 7.12. The lowest BCUT2D eigenvalue weighted by atomic mass is 10.1. The van der Waals surface area contributed by atoms with Gasteiger partial charge in [0.15, 0.2) is 11.5 Å². The van der Waals surface area contributed by atoms with Crippen molar-refractivity contribution in [2.24, 2.45) is 0 Å². The van der Waals surface area contributed by atoms with Crippen LogP contribution in [0.3, 0.4) is 0 Å². The number of carbonyl (C=O) groups is 1. The molecule has 1 saturated heterocycles. The van der Waals surface area contributed by atoms with E-state index < -0.39 is 6.10 Å². The number of carbonyl (C=O) groups excluding carboxylic acids is 1. The summed E-state index contributed by atoms with van der Waals surface area (Å²) in [6, 6.07) is 14.6. The van der Waals surface area contributed by atoms with Crippen molar-refractivity contribution in [3.05, 3.63) is 59.7 Å². The highest BCUT2D eigenvalue weighted by atomic mass is 16.5. The van der Waals surface area contributed by atoms with Crippen LogP contribution in [0.15, 0.2) is 48.5 Å². The summed E-state index contributed by atoms with van der Waals surface area (Å²) in [4.78, 5) is 16.6. The molecule has 2 aromatic carbocycles. The average molecular weight is 399 g/mol. The molecular formula is C23H30N2O4. The predicted molar refractivity (Wildman–Crippen MR) is 113 cm³/mol. The fourth-order valence-electron chi connectivity index (χ4n) is 3.52. The van der Waals surface area contributed by atoms with Gasteiger partial charge in [0.25, 0.3) is 5.91 Å². The third kappa shape index (κ3) is 5.49. The zero-order chi connectivity index (χ0) is 20.8. The van der Waals surface area contributed by atoms with Gasteiger partial charge in [-0.2, -0.15) is 0 Å². The largest absolute Gasteiger partial charge is 0.493 e. The van der Waals surface area contributed by atoms with Gasteiger partial charge in [0, 0.05) is 25.7 Å². The number of hydrogen-bond donors (Lipinski definition) is 1. The van der Waals surface area contributed by atoms with Crippen LogP contribution in [0.25, 0.3) is 0 Å². The molecule has 6 heteroatoms. The van der Waals surface area contributed by atoms with E-state index >= 15 is 0 Å². The molecule has 3 rings (SSSR count). The van der Waals surface area contributed by atoms with Crippen molar-refractivity contribution >= 4 is 5.91 Å². The minimum Gasteiger partial charge on any atom is -0.493 e. The van der Waals surface area contributed by atoms with Crippen molar-refractivity contribution in [3.8, 4) is 11.5 Å². The van der Waals surface area contributed by atoms with E-state index in [0.29, 0.717) is 17.1 Å². The molecule has 0 spiro atoms. The molecule has 1 heterocycles. The second-order valence-electron chi connectivity index (χ2n) is 7.60. The summed E-state index contributed by atoms with van der Waals surface area (Å²) < 4.78 is 11.6. The highest BCUT2D eigenvalue weighted by molar-refractivity contribution is 5.94. The fraction of sp³-hybridized carbons (Fsp3) is 0.435. The van der Waals surface area contributed by atoms with Gasteiger partial charge in [-0.1, -0.05) is 30.3 Å². The van der Waals surface area contributed by atoms with Crippen LogP contribution in [-0.2, 0) is 0 Å². The molecule has 1 aliphatic heterocycles.